The van der Waals surface area contributed by atoms with Gasteiger partial charge in [0.2, 0.25) is 5.83 Å². The molecule has 0 unspecified atom stereocenters. The van der Waals surface area contributed by atoms with Crippen molar-refractivity contribution in [3.63, 3.8) is 0 Å². The Balaban J connectivity index is 0.000000552. The number of hydrogen-bond donors (Lipinski definition) is 1. The topological polar surface area (TPSA) is 53.0 Å². The van der Waals surface area contributed by atoms with Gasteiger partial charge in [0.05, 0.1) is 15.6 Å². The van der Waals surface area contributed by atoms with Gasteiger partial charge in [-0.05, 0) is 56.3 Å². The van der Waals surface area contributed by atoms with Crippen molar-refractivity contribution in [3.05, 3.63) is 29.2 Å². The molecule has 1 N–H and O–H groups in total. The van der Waals surface area contributed by atoms with Crippen molar-refractivity contribution in [3.8, 4) is 5.75 Å². The van der Waals surface area contributed by atoms with Gasteiger partial charge in [-0.2, -0.15) is 4.39 Å². The highest BCUT2D eigenvalue weighted by Gasteiger charge is 2.60. The molecule has 0 radical (unpaired) electrons. The van der Waals surface area contributed by atoms with Crippen LogP contribution in [0, 0.1) is 5.92 Å². The van der Waals surface area contributed by atoms with Gasteiger partial charge in [-0.15, -0.1) is 0 Å². The van der Waals surface area contributed by atoms with Crippen molar-refractivity contribution in [1.82, 2.24) is 4.31 Å². The first kappa shape index (κ1) is 22.2. The smallest absolute Gasteiger partial charge is 0.368 e. The number of rotatable bonds is 5. The Kier molecular flexibility index (Phi) is 7.02. The second-order valence-corrected chi connectivity index (χ2v) is 9.59. The molecule has 0 atom stereocenters. The average Bonchev–Trinajstić information content (AvgIpc) is 2.76. The number of halogens is 2. The van der Waals surface area contributed by atoms with Crippen molar-refractivity contribution in [1.29, 1.82) is 0 Å². The summed E-state index contributed by atoms with van der Waals surface area (Å²) in [6, 6.07) is 3.61. The zero-order valence-corrected chi connectivity index (χ0v) is 18.7. The van der Waals surface area contributed by atoms with Gasteiger partial charge < -0.3 is 14.7 Å². The molecular formula is C21H28ClFN2O3S. The van der Waals surface area contributed by atoms with Gasteiger partial charge in [-0.1, -0.05) is 38.3 Å². The van der Waals surface area contributed by atoms with E-state index in [1.54, 1.807) is 18.0 Å². The third-order valence-corrected chi connectivity index (χ3v) is 7.08. The fraction of sp³-hybridized carbons (Fsp3) is 0.571. The number of benzene rings is 1. The summed E-state index contributed by atoms with van der Waals surface area (Å²) in [6.45, 7) is 6.22. The summed E-state index contributed by atoms with van der Waals surface area (Å²) in [5.41, 5.74) is 1.35. The van der Waals surface area contributed by atoms with Crippen molar-refractivity contribution >= 4 is 35.2 Å². The van der Waals surface area contributed by atoms with Gasteiger partial charge in [-0.3, -0.25) is 0 Å². The van der Waals surface area contributed by atoms with Gasteiger partial charge in [0.1, 0.15) is 12.0 Å². The largest absolute Gasteiger partial charge is 0.476 e. The first-order valence-electron chi connectivity index (χ1n) is 10.1. The van der Waals surface area contributed by atoms with Gasteiger partial charge in [0.25, 0.3) is 0 Å². The monoisotopic (exact) mass is 442 g/mol. The van der Waals surface area contributed by atoms with Crippen LogP contribution in [0.5, 0.6) is 5.75 Å². The molecule has 3 fully saturated rings. The molecule has 0 aromatic heterocycles. The van der Waals surface area contributed by atoms with Gasteiger partial charge in [-0.25, -0.2) is 9.10 Å². The number of likely N-dealkylation sites (N-methyl/N-ethyl adjacent to an activating group) is 1. The summed E-state index contributed by atoms with van der Waals surface area (Å²) in [6.07, 6.45) is 6.93. The summed E-state index contributed by atoms with van der Waals surface area (Å²) in [4.78, 5) is 14.0. The number of hydrogen-bond acceptors (Lipinski definition) is 5. The predicted molar refractivity (Wildman–Crippen MR) is 115 cm³/mol. The van der Waals surface area contributed by atoms with Crippen LogP contribution in [0.3, 0.4) is 0 Å². The Morgan fingerprint density at radius 2 is 2.00 bits per heavy atom. The lowest BCUT2D eigenvalue weighted by atomic mass is 9.49. The number of ether oxygens (including phenoxy) is 1. The van der Waals surface area contributed by atoms with E-state index >= 15 is 0 Å². The quantitative estimate of drug-likeness (QED) is 0.357. The Morgan fingerprint density at radius 1 is 1.34 bits per heavy atom. The molecule has 2 bridgehead atoms. The molecule has 29 heavy (non-hydrogen) atoms. The second-order valence-electron chi connectivity index (χ2n) is 7.94. The van der Waals surface area contributed by atoms with Crippen molar-refractivity contribution in [2.24, 2.45) is 5.92 Å². The lowest BCUT2D eigenvalue weighted by molar-refractivity contribution is -0.134. The number of anilines is 1. The van der Waals surface area contributed by atoms with Crippen LogP contribution in [0.25, 0.3) is 0 Å². The van der Waals surface area contributed by atoms with Crippen molar-refractivity contribution in [2.75, 3.05) is 25.0 Å². The van der Waals surface area contributed by atoms with Crippen LogP contribution >= 0.6 is 23.5 Å². The Bertz CT molecular complexity index is 785. The Morgan fingerprint density at radius 3 is 2.52 bits per heavy atom. The van der Waals surface area contributed by atoms with Gasteiger partial charge in [0, 0.05) is 18.6 Å². The van der Waals surface area contributed by atoms with Crippen LogP contribution in [0.1, 0.15) is 46.0 Å². The first-order chi connectivity index (χ1) is 13.8. The van der Waals surface area contributed by atoms with Crippen molar-refractivity contribution in [2.45, 2.75) is 56.4 Å². The standard InChI is InChI=1S/C17H18ClFN2O3S.C4H10/c1-20-2-3-21(17-6-10(7-17)8-17)13-4-11(18)14(5-15(13)25-20)24-9-12(19)16(22)23;1-3-4-2/h4-5,9-10H,2-3,6-8H2,1H3,(H,22,23);3-4H2,1-2H3/b12-9-;. The average molecular weight is 443 g/mol. The number of carboxylic acids is 1. The van der Waals surface area contributed by atoms with Crippen LogP contribution in [0.4, 0.5) is 10.1 Å². The lowest BCUT2D eigenvalue weighted by Crippen LogP contribution is -2.69. The van der Waals surface area contributed by atoms with E-state index in [0.29, 0.717) is 11.3 Å². The Labute approximate surface area is 181 Å². The van der Waals surface area contributed by atoms with E-state index in [2.05, 4.69) is 23.1 Å². The van der Waals surface area contributed by atoms with Crippen LogP contribution < -0.4 is 9.64 Å². The van der Waals surface area contributed by atoms with Crippen LogP contribution in [-0.2, 0) is 4.79 Å². The molecule has 1 aromatic carbocycles. The van der Waals surface area contributed by atoms with E-state index in [9.17, 15) is 9.18 Å². The molecule has 3 aliphatic carbocycles. The highest BCUT2D eigenvalue weighted by molar-refractivity contribution is 7.97. The third kappa shape index (κ3) is 4.67. The minimum Gasteiger partial charge on any atom is -0.476 e. The molecule has 160 valence electrons. The minimum atomic E-state index is -1.67. The maximum absolute atomic E-state index is 13.2. The van der Waals surface area contributed by atoms with E-state index < -0.39 is 11.8 Å². The molecular weight excluding hydrogens is 415 g/mol. The number of fused-ring (bicyclic) bond motifs is 1. The molecule has 4 aliphatic rings. The molecule has 5 nitrogen and oxygen atoms in total. The zero-order valence-electron chi connectivity index (χ0n) is 17.1. The summed E-state index contributed by atoms with van der Waals surface area (Å²) in [7, 11) is 2.03. The van der Waals surface area contributed by atoms with E-state index in [4.69, 9.17) is 21.4 Å². The lowest BCUT2D eigenvalue weighted by Gasteiger charge is -2.67. The highest BCUT2D eigenvalue weighted by Crippen LogP contribution is 2.62. The molecule has 0 amide bonds. The summed E-state index contributed by atoms with van der Waals surface area (Å²) in [5, 5.41) is 8.92. The van der Waals surface area contributed by atoms with Crippen LogP contribution in [0.2, 0.25) is 5.02 Å². The number of carboxylic acid groups (broad SMARTS) is 1. The predicted octanol–water partition coefficient (Wildman–Crippen LogP) is 5.73. The van der Waals surface area contributed by atoms with Gasteiger partial charge >= 0.3 is 5.97 Å². The van der Waals surface area contributed by atoms with E-state index in [-0.39, 0.29) is 11.3 Å². The van der Waals surface area contributed by atoms with Crippen LogP contribution in [0.15, 0.2) is 29.1 Å². The molecule has 3 saturated carbocycles. The Hall–Kier alpha value is -1.44. The number of unbranched alkanes of at least 4 members (excludes halogenated alkanes) is 1. The maximum Gasteiger partial charge on any atom is 0.368 e. The second kappa shape index (κ2) is 9.14. The molecule has 5 rings (SSSR count). The number of nitrogens with zero attached hydrogens (tertiary/aromatic N) is 2. The fourth-order valence-electron chi connectivity index (χ4n) is 3.89. The van der Waals surface area contributed by atoms with E-state index in [0.717, 1.165) is 29.6 Å². The molecule has 1 aromatic rings. The maximum atomic E-state index is 13.2. The summed E-state index contributed by atoms with van der Waals surface area (Å²) in [5.74, 6) is -1.92. The van der Waals surface area contributed by atoms with Gasteiger partial charge in [0.15, 0.2) is 0 Å². The summed E-state index contributed by atoms with van der Waals surface area (Å²) >= 11 is 7.92. The molecule has 1 aliphatic heterocycles. The number of carbonyl (C=O) groups is 1. The third-order valence-electron chi connectivity index (χ3n) is 5.77. The minimum absolute atomic E-state index is 0.247. The summed E-state index contributed by atoms with van der Waals surface area (Å²) < 4.78 is 20.5. The highest BCUT2D eigenvalue weighted by atomic mass is 35.5. The normalized spacial score (nSPS) is 25.6. The number of aliphatic carboxylic acids is 1. The van der Waals surface area contributed by atoms with Crippen LogP contribution in [-0.4, -0.2) is 41.1 Å². The fourth-order valence-corrected chi connectivity index (χ4v) is 5.03. The zero-order chi connectivity index (χ0) is 21.2. The molecule has 8 heteroatoms. The van der Waals surface area contributed by atoms with E-state index in [1.165, 1.54) is 32.1 Å². The first-order valence-corrected chi connectivity index (χ1v) is 11.2. The van der Waals surface area contributed by atoms with Crippen molar-refractivity contribution < 1.29 is 19.0 Å². The SMILES string of the molecule is CCCC.CN1CCN(C23CC(C2)C3)c2cc(Cl)c(O/C=C(\F)C(=O)O)cc2S1. The molecule has 0 saturated heterocycles. The molecule has 1 heterocycles. The molecule has 0 spiro atoms. The van der Waals surface area contributed by atoms with E-state index in [1.807, 2.05) is 13.1 Å².